The van der Waals surface area contributed by atoms with Gasteiger partial charge in [0.1, 0.15) is 0 Å². The first-order valence-corrected chi connectivity index (χ1v) is 4.00. The largest absolute Gasteiger partial charge is 0.0683 e. The minimum absolute atomic E-state index is 0. The van der Waals surface area contributed by atoms with Gasteiger partial charge in [-0.3, -0.25) is 0 Å². The first kappa shape index (κ1) is 269. The number of hydrogen-bond acceptors (Lipinski definition) is 0. The average molecular weight is 228 g/mol. The summed E-state index contributed by atoms with van der Waals surface area (Å²) in [5, 5.41) is 0. The quantitative estimate of drug-likeness (QED) is 0.523. The molecule has 0 amide bonds. The van der Waals surface area contributed by atoms with E-state index in [2.05, 4.69) is 0 Å². The molecule has 0 spiro atoms. The van der Waals surface area contributed by atoms with Crippen molar-refractivity contribution in [2.24, 2.45) is 0 Å². The fourth-order valence-electron chi connectivity index (χ4n) is 0. The highest BCUT2D eigenvalue weighted by Gasteiger charge is 0.938. The molecule has 0 unspecified atom stereocenters. The van der Waals surface area contributed by atoms with Crippen LogP contribution in [0.1, 0.15) is 55.4 Å². The van der Waals surface area contributed by atoms with Crippen LogP contribution in [0.25, 0.3) is 0 Å². The standard InChI is InChI=1S/4C2H6.10B/c4*1-2;;;;;;;;;;/h4*1-2H3;;;;;;;;;;. The van der Waals surface area contributed by atoms with Crippen LogP contribution in [0, 0.1) is 0 Å². The summed E-state index contributed by atoms with van der Waals surface area (Å²) in [5.74, 6) is 0. The van der Waals surface area contributed by atoms with Crippen molar-refractivity contribution in [3.63, 3.8) is 0 Å². The first-order valence-electron chi connectivity index (χ1n) is 4.00. The lowest BCUT2D eigenvalue weighted by molar-refractivity contribution is 1.50. The fourth-order valence-corrected chi connectivity index (χ4v) is 0. The van der Waals surface area contributed by atoms with Gasteiger partial charge in [-0.1, -0.05) is 55.4 Å². The summed E-state index contributed by atoms with van der Waals surface area (Å²) in [6, 6.07) is 0. The van der Waals surface area contributed by atoms with Crippen molar-refractivity contribution in [3.05, 3.63) is 0 Å². The Morgan fingerprint density at radius 3 is 0.167 bits per heavy atom. The Morgan fingerprint density at radius 1 is 0.167 bits per heavy atom. The van der Waals surface area contributed by atoms with E-state index in [-0.39, 0.29) is 84.1 Å². The van der Waals surface area contributed by atoms with Gasteiger partial charge in [-0.25, -0.2) is 0 Å². The molecule has 30 radical (unpaired) electrons. The molecule has 0 atom stereocenters. The smallest absolute Gasteiger partial charge is 0 e. The van der Waals surface area contributed by atoms with Crippen molar-refractivity contribution >= 4 is 84.1 Å². The van der Waals surface area contributed by atoms with Gasteiger partial charge in [0.2, 0.25) is 0 Å². The zero-order valence-electron chi connectivity index (χ0n) is 13.8. The summed E-state index contributed by atoms with van der Waals surface area (Å²) in [7, 11) is 0. The lowest BCUT2D eigenvalue weighted by Crippen LogP contribution is -0.856. The van der Waals surface area contributed by atoms with Crippen LogP contribution in [0.4, 0.5) is 0 Å². The highest BCUT2D eigenvalue weighted by Crippen LogP contribution is 1.15. The summed E-state index contributed by atoms with van der Waals surface area (Å²) in [4.78, 5) is 0. The first-order chi connectivity index (χ1) is 4.00. The molecule has 0 aromatic carbocycles. The second-order valence-electron chi connectivity index (χ2n) is 0. The van der Waals surface area contributed by atoms with Gasteiger partial charge in [-0.2, -0.15) is 0 Å². The van der Waals surface area contributed by atoms with Crippen molar-refractivity contribution in [2.75, 3.05) is 0 Å². The molecular weight excluding hydrogens is 204 g/mol. The maximum atomic E-state index is 2.00. The zero-order valence-corrected chi connectivity index (χ0v) is 13.8. The lowest BCUT2D eigenvalue weighted by Gasteiger charge is -1.07. The van der Waals surface area contributed by atoms with Crippen molar-refractivity contribution < 1.29 is 0 Å². The van der Waals surface area contributed by atoms with Crippen molar-refractivity contribution in [1.82, 2.24) is 0 Å². The molecule has 0 aliphatic heterocycles. The van der Waals surface area contributed by atoms with Crippen LogP contribution >= 0.6 is 0 Å². The minimum atomic E-state index is 0. The van der Waals surface area contributed by atoms with E-state index in [1.165, 1.54) is 0 Å². The molecule has 0 bridgehead atoms. The van der Waals surface area contributed by atoms with Gasteiger partial charge >= 0.3 is 0 Å². The molecule has 0 aromatic heterocycles. The van der Waals surface area contributed by atoms with E-state index >= 15 is 0 Å². The van der Waals surface area contributed by atoms with Gasteiger partial charge in [0.05, 0.1) is 0 Å². The second kappa shape index (κ2) is 11600. The highest BCUT2D eigenvalue weighted by molar-refractivity contribution is 5.76. The molecule has 0 saturated heterocycles. The maximum absolute atomic E-state index is 2.00. The minimum Gasteiger partial charge on any atom is -0.0683 e. The summed E-state index contributed by atoms with van der Waals surface area (Å²) >= 11 is 0. The third-order valence-electron chi connectivity index (χ3n) is 0. The van der Waals surface area contributed by atoms with Crippen LogP contribution in [-0.4, -0.2) is 84.1 Å². The van der Waals surface area contributed by atoms with E-state index in [4.69, 9.17) is 0 Å². The molecule has 0 aromatic rings. The maximum Gasteiger partial charge on any atom is 0 e. The van der Waals surface area contributed by atoms with Crippen LogP contribution in [0.2, 0.25) is 0 Å². The Bertz CT molecular complexity index is 17.8. The van der Waals surface area contributed by atoms with Crippen LogP contribution < -0.4 is 0 Å². The van der Waals surface area contributed by atoms with Gasteiger partial charge in [0.25, 0.3) is 0 Å². The van der Waals surface area contributed by atoms with Crippen LogP contribution in [0.3, 0.4) is 0 Å². The van der Waals surface area contributed by atoms with E-state index in [1.807, 2.05) is 55.4 Å². The second-order valence-corrected chi connectivity index (χ2v) is 0. The summed E-state index contributed by atoms with van der Waals surface area (Å²) in [5.41, 5.74) is 0. The van der Waals surface area contributed by atoms with Crippen LogP contribution in [0.5, 0.6) is 0 Å². The van der Waals surface area contributed by atoms with Gasteiger partial charge in [-0.05, 0) is 0 Å². The Hall–Kier alpha value is 0.649. The molecule has 0 aliphatic rings. The third-order valence-corrected chi connectivity index (χ3v) is 0. The summed E-state index contributed by atoms with van der Waals surface area (Å²) in [6.45, 7) is 16.0. The van der Waals surface area contributed by atoms with Gasteiger partial charge in [0, 0.05) is 84.1 Å². The highest BCUT2D eigenvalue weighted by atomic mass is 13.0. The van der Waals surface area contributed by atoms with Crippen LogP contribution in [-0.2, 0) is 0 Å². The zero-order chi connectivity index (χ0) is 8.00. The van der Waals surface area contributed by atoms with Crippen molar-refractivity contribution in [3.8, 4) is 0 Å². The SMILES string of the molecule is CC.CC.CC.CC.[B].[B].[B].[B].[B].[B].[B].[B].[B].[B]. The van der Waals surface area contributed by atoms with E-state index in [1.54, 1.807) is 0 Å². The third kappa shape index (κ3) is 9670. The molecule has 0 nitrogen and oxygen atoms in total. The topological polar surface area (TPSA) is 0 Å². The summed E-state index contributed by atoms with van der Waals surface area (Å²) < 4.78 is 0. The van der Waals surface area contributed by atoms with Crippen molar-refractivity contribution in [2.45, 2.75) is 55.4 Å². The number of hydrogen-bond donors (Lipinski definition) is 0. The predicted octanol–water partition coefficient (Wildman–Crippen LogP) is 0.297. The molecule has 0 fully saturated rings. The monoisotopic (exact) mass is 230 g/mol. The molecule has 0 heterocycles. The van der Waals surface area contributed by atoms with E-state index in [9.17, 15) is 0 Å². The summed E-state index contributed by atoms with van der Waals surface area (Å²) in [6.07, 6.45) is 0. The predicted molar refractivity (Wildman–Crippen MR) is 103 cm³/mol. The molecule has 0 saturated carbocycles. The fraction of sp³-hybridized carbons (Fsp3) is 1.00. The van der Waals surface area contributed by atoms with E-state index in [0.29, 0.717) is 0 Å². The Morgan fingerprint density at radius 2 is 0.167 bits per heavy atom. The molecule has 0 N–H and O–H groups in total. The van der Waals surface area contributed by atoms with Crippen LogP contribution in [0.15, 0.2) is 0 Å². The van der Waals surface area contributed by atoms with Crippen molar-refractivity contribution in [1.29, 1.82) is 0 Å². The Labute approximate surface area is 140 Å². The Kier molecular flexibility index (Phi) is 173000. The van der Waals surface area contributed by atoms with Gasteiger partial charge in [0.15, 0.2) is 0 Å². The Balaban J connectivity index is -0.000000000833. The van der Waals surface area contributed by atoms with Gasteiger partial charge < -0.3 is 0 Å². The lowest BCUT2D eigenvalue weighted by atomic mass is 10.8. The molecule has 18 heavy (non-hydrogen) atoms. The van der Waals surface area contributed by atoms with Gasteiger partial charge in [-0.15, -0.1) is 0 Å². The molecule has 10 heteroatoms. The molecule has 0 rings (SSSR count). The molecular formula is C8H24B10. The molecule has 0 aliphatic carbocycles. The van der Waals surface area contributed by atoms with E-state index in [0.717, 1.165) is 0 Å². The normalized spacial score (nSPS) is 1.33. The average Bonchev–Trinajstić information content (AvgIpc) is 2.03. The number of rotatable bonds is 0. The molecule has 86 valence electrons. The van der Waals surface area contributed by atoms with E-state index < -0.39 is 0 Å².